The molecule has 0 saturated heterocycles. The minimum Gasteiger partial charge on any atom is -0.406 e. The molecule has 1 aliphatic carbocycles. The zero-order valence-electron chi connectivity index (χ0n) is 20.2. The number of carbonyl (C=O) groups is 2. The third kappa shape index (κ3) is 7.95. The van der Waals surface area contributed by atoms with Crippen molar-refractivity contribution in [1.82, 2.24) is 30.5 Å². The summed E-state index contributed by atoms with van der Waals surface area (Å²) in [7, 11) is 0. The molecule has 202 valence electrons. The van der Waals surface area contributed by atoms with Crippen LogP contribution in [0.5, 0.6) is 5.75 Å². The lowest BCUT2D eigenvalue weighted by molar-refractivity contribution is -0.274. The SMILES string of the molecule is O=C(Cc1cc(OC(F)(F)F)ccc1F)Nc1ccc(CCCCn2cc(C(=O)NC3CCC3)nn2)nn1. The van der Waals surface area contributed by atoms with Crippen LogP contribution in [-0.4, -0.2) is 49.4 Å². The van der Waals surface area contributed by atoms with E-state index in [0.717, 1.165) is 50.3 Å². The zero-order valence-corrected chi connectivity index (χ0v) is 20.2. The smallest absolute Gasteiger partial charge is 0.406 e. The number of hydrogen-bond donors (Lipinski definition) is 2. The Balaban J connectivity index is 1.19. The van der Waals surface area contributed by atoms with E-state index in [2.05, 4.69) is 35.9 Å². The van der Waals surface area contributed by atoms with Gasteiger partial charge in [0.2, 0.25) is 5.91 Å². The van der Waals surface area contributed by atoms with Crippen LogP contribution in [0, 0.1) is 5.82 Å². The van der Waals surface area contributed by atoms with E-state index >= 15 is 0 Å². The van der Waals surface area contributed by atoms with E-state index in [0.29, 0.717) is 24.4 Å². The van der Waals surface area contributed by atoms with Crippen LogP contribution in [-0.2, 0) is 24.2 Å². The predicted octanol–water partition coefficient (Wildman–Crippen LogP) is 3.59. The number of benzene rings is 1. The van der Waals surface area contributed by atoms with Gasteiger partial charge in [0, 0.05) is 18.2 Å². The number of alkyl halides is 3. The highest BCUT2D eigenvalue weighted by Gasteiger charge is 2.31. The molecule has 0 atom stereocenters. The number of anilines is 1. The maximum atomic E-state index is 13.9. The van der Waals surface area contributed by atoms with Gasteiger partial charge in [-0.1, -0.05) is 5.21 Å². The van der Waals surface area contributed by atoms with Crippen molar-refractivity contribution in [2.45, 2.75) is 63.9 Å². The van der Waals surface area contributed by atoms with Crippen molar-refractivity contribution in [2.24, 2.45) is 0 Å². The predicted molar refractivity (Wildman–Crippen MR) is 126 cm³/mol. The van der Waals surface area contributed by atoms with Crippen LogP contribution in [0.4, 0.5) is 23.4 Å². The molecule has 0 radical (unpaired) electrons. The summed E-state index contributed by atoms with van der Waals surface area (Å²) in [5.41, 5.74) is 0.725. The molecule has 2 heterocycles. The Morgan fingerprint density at radius 1 is 1.08 bits per heavy atom. The summed E-state index contributed by atoms with van der Waals surface area (Å²) in [6.07, 6.45) is 1.43. The first-order valence-electron chi connectivity index (χ1n) is 12.0. The molecule has 1 fully saturated rings. The van der Waals surface area contributed by atoms with Gasteiger partial charge in [-0.2, -0.15) is 5.10 Å². The van der Waals surface area contributed by atoms with Crippen LogP contribution < -0.4 is 15.4 Å². The third-order valence-corrected chi connectivity index (χ3v) is 5.87. The first-order valence-corrected chi connectivity index (χ1v) is 12.0. The molecule has 38 heavy (non-hydrogen) atoms. The Bertz CT molecular complexity index is 1260. The molecule has 2 N–H and O–H groups in total. The van der Waals surface area contributed by atoms with Crippen molar-refractivity contribution in [1.29, 1.82) is 0 Å². The Morgan fingerprint density at radius 3 is 2.58 bits per heavy atom. The number of aryl methyl sites for hydroxylation is 2. The maximum absolute atomic E-state index is 13.9. The molecule has 0 aliphatic heterocycles. The molecule has 2 amide bonds. The standard InChI is InChI=1S/C24H25F4N7O3/c25-19-9-8-18(38-24(26,27)28)12-15(19)13-22(36)30-21-10-7-17(31-33-21)4-1-2-11-35-14-20(32-34-35)23(37)29-16-5-3-6-16/h7-10,12,14,16H,1-6,11,13H2,(H,29,37)(H,30,33,36). The maximum Gasteiger partial charge on any atom is 0.573 e. The number of amides is 2. The fraction of sp³-hybridized carbons (Fsp3) is 0.417. The number of hydrogen-bond acceptors (Lipinski definition) is 7. The molecule has 3 aromatic rings. The number of unbranched alkanes of at least 4 members (excludes halogenated alkanes) is 1. The Labute approximate surface area is 214 Å². The minimum absolute atomic E-state index is 0.122. The fourth-order valence-corrected chi connectivity index (χ4v) is 3.71. The highest BCUT2D eigenvalue weighted by atomic mass is 19.4. The topological polar surface area (TPSA) is 124 Å². The van der Waals surface area contributed by atoms with E-state index in [-0.39, 0.29) is 23.3 Å². The molecule has 0 bridgehead atoms. The van der Waals surface area contributed by atoms with E-state index in [9.17, 15) is 27.2 Å². The highest BCUT2D eigenvalue weighted by molar-refractivity contribution is 5.92. The van der Waals surface area contributed by atoms with Gasteiger partial charge in [-0.05, 0) is 68.9 Å². The zero-order chi connectivity index (χ0) is 27.1. The van der Waals surface area contributed by atoms with Gasteiger partial charge in [-0.3, -0.25) is 14.3 Å². The van der Waals surface area contributed by atoms with Crippen molar-refractivity contribution in [3.63, 3.8) is 0 Å². The van der Waals surface area contributed by atoms with Crippen molar-refractivity contribution in [3.05, 3.63) is 59.3 Å². The van der Waals surface area contributed by atoms with Gasteiger partial charge in [0.1, 0.15) is 11.6 Å². The quantitative estimate of drug-likeness (QED) is 0.284. The van der Waals surface area contributed by atoms with Crippen molar-refractivity contribution in [3.8, 4) is 5.75 Å². The van der Waals surface area contributed by atoms with E-state index in [1.165, 1.54) is 6.07 Å². The Kier molecular flexibility index (Phi) is 8.48. The summed E-state index contributed by atoms with van der Waals surface area (Å²) in [4.78, 5) is 24.3. The van der Waals surface area contributed by atoms with Crippen LogP contribution in [0.3, 0.4) is 0 Å². The average molecular weight is 536 g/mol. The fourth-order valence-electron chi connectivity index (χ4n) is 3.71. The van der Waals surface area contributed by atoms with E-state index < -0.39 is 30.3 Å². The lowest BCUT2D eigenvalue weighted by atomic mass is 9.93. The second-order valence-electron chi connectivity index (χ2n) is 8.86. The number of halogens is 4. The van der Waals surface area contributed by atoms with Gasteiger partial charge < -0.3 is 15.4 Å². The normalized spacial score (nSPS) is 13.6. The summed E-state index contributed by atoms with van der Waals surface area (Å²) in [6.45, 7) is 0.580. The second kappa shape index (κ2) is 12.0. The van der Waals surface area contributed by atoms with Crippen LogP contribution in [0.15, 0.2) is 36.5 Å². The number of ether oxygens (including phenoxy) is 1. The van der Waals surface area contributed by atoms with E-state index in [1.54, 1.807) is 16.9 Å². The third-order valence-electron chi connectivity index (χ3n) is 5.87. The van der Waals surface area contributed by atoms with Gasteiger partial charge >= 0.3 is 6.36 Å². The van der Waals surface area contributed by atoms with Crippen LogP contribution >= 0.6 is 0 Å². The lowest BCUT2D eigenvalue weighted by Gasteiger charge is -2.25. The molecule has 0 spiro atoms. The monoisotopic (exact) mass is 535 g/mol. The average Bonchev–Trinajstić information content (AvgIpc) is 3.30. The lowest BCUT2D eigenvalue weighted by Crippen LogP contribution is -2.39. The highest BCUT2D eigenvalue weighted by Crippen LogP contribution is 2.25. The van der Waals surface area contributed by atoms with Crippen molar-refractivity contribution < 1.29 is 31.9 Å². The molecule has 1 aliphatic rings. The van der Waals surface area contributed by atoms with Crippen LogP contribution in [0.25, 0.3) is 0 Å². The van der Waals surface area contributed by atoms with E-state index in [1.807, 2.05) is 0 Å². The number of nitrogens with one attached hydrogen (secondary N) is 2. The number of carbonyl (C=O) groups excluding carboxylic acids is 2. The molecule has 2 aromatic heterocycles. The number of nitrogens with zero attached hydrogens (tertiary/aromatic N) is 5. The minimum atomic E-state index is -4.93. The molecular weight excluding hydrogens is 510 g/mol. The summed E-state index contributed by atoms with van der Waals surface area (Å²) in [6, 6.07) is 5.89. The first kappa shape index (κ1) is 26.9. The van der Waals surface area contributed by atoms with Gasteiger partial charge in [-0.25, -0.2) is 4.39 Å². The Morgan fingerprint density at radius 2 is 1.89 bits per heavy atom. The van der Waals surface area contributed by atoms with Gasteiger partial charge in [0.15, 0.2) is 11.5 Å². The molecule has 0 unspecified atom stereocenters. The Hall–Kier alpha value is -4.10. The largest absolute Gasteiger partial charge is 0.573 e. The molecule has 1 aromatic carbocycles. The molecule has 14 heteroatoms. The summed E-state index contributed by atoms with van der Waals surface area (Å²) in [5, 5.41) is 21.2. The van der Waals surface area contributed by atoms with Gasteiger partial charge in [0.05, 0.1) is 18.3 Å². The number of aromatic nitrogens is 5. The molecule has 10 nitrogen and oxygen atoms in total. The van der Waals surface area contributed by atoms with Crippen LogP contribution in [0.2, 0.25) is 0 Å². The van der Waals surface area contributed by atoms with Crippen molar-refractivity contribution in [2.75, 3.05) is 5.32 Å². The van der Waals surface area contributed by atoms with Gasteiger partial charge in [-0.15, -0.1) is 23.4 Å². The second-order valence-corrected chi connectivity index (χ2v) is 8.86. The first-order chi connectivity index (χ1) is 18.1. The summed E-state index contributed by atoms with van der Waals surface area (Å²) < 4.78 is 56.4. The molecule has 1 saturated carbocycles. The summed E-state index contributed by atoms with van der Waals surface area (Å²) in [5.74, 6) is -2.22. The van der Waals surface area contributed by atoms with Crippen LogP contribution in [0.1, 0.15) is 53.8 Å². The molecular formula is C24H25F4N7O3. The van der Waals surface area contributed by atoms with Gasteiger partial charge in [0.25, 0.3) is 5.91 Å². The molecule has 4 rings (SSSR count). The van der Waals surface area contributed by atoms with Crippen molar-refractivity contribution >= 4 is 17.6 Å². The van der Waals surface area contributed by atoms with E-state index in [4.69, 9.17) is 0 Å². The number of rotatable bonds is 11. The summed E-state index contributed by atoms with van der Waals surface area (Å²) >= 11 is 0.